The Morgan fingerprint density at radius 3 is 2.81 bits per heavy atom. The average Bonchev–Trinajstić information content (AvgIpc) is 2.64. The van der Waals surface area contributed by atoms with Crippen molar-refractivity contribution in [2.45, 2.75) is 25.3 Å². The van der Waals surface area contributed by atoms with Gasteiger partial charge < -0.3 is 16.2 Å². The minimum absolute atomic E-state index is 0.0895. The average molecular weight is 244 g/mol. The molecule has 16 heavy (non-hydrogen) atoms. The quantitative estimate of drug-likeness (QED) is 0.722. The Kier molecular flexibility index (Phi) is 3.40. The number of nitrogens with zero attached hydrogens (tertiary/aromatic N) is 3. The Morgan fingerprint density at radius 2 is 2.19 bits per heavy atom. The van der Waals surface area contributed by atoms with Crippen LogP contribution in [0.4, 0.5) is 11.9 Å². The lowest BCUT2D eigenvalue weighted by atomic mass is 10.1. The molecule has 7 heteroatoms. The zero-order valence-electron chi connectivity index (χ0n) is 8.73. The molecule has 1 aliphatic carbocycles. The van der Waals surface area contributed by atoms with Gasteiger partial charge in [-0.3, -0.25) is 0 Å². The van der Waals surface area contributed by atoms with Gasteiger partial charge >= 0.3 is 0 Å². The molecule has 0 radical (unpaired) electrons. The summed E-state index contributed by atoms with van der Waals surface area (Å²) in [6, 6.07) is 0.273. The van der Waals surface area contributed by atoms with Gasteiger partial charge in [-0.2, -0.15) is 15.0 Å². The SMILES string of the molecule is Nc1nc(Cl)nc(N[C@H]2CC[C@@H](CO)C2)n1. The smallest absolute Gasteiger partial charge is 0.229 e. The number of nitrogen functional groups attached to an aromatic ring is 1. The van der Waals surface area contributed by atoms with Crippen LogP contribution in [0.1, 0.15) is 19.3 Å². The fourth-order valence-corrected chi connectivity index (χ4v) is 2.15. The molecule has 0 amide bonds. The summed E-state index contributed by atoms with van der Waals surface area (Å²) in [7, 11) is 0. The minimum Gasteiger partial charge on any atom is -0.396 e. The zero-order valence-corrected chi connectivity index (χ0v) is 9.48. The fraction of sp³-hybridized carbons (Fsp3) is 0.667. The van der Waals surface area contributed by atoms with Gasteiger partial charge in [-0.25, -0.2) is 0 Å². The molecule has 1 aromatic heterocycles. The van der Waals surface area contributed by atoms with Gasteiger partial charge in [0.25, 0.3) is 0 Å². The standard InChI is InChI=1S/C9H14ClN5O/c10-7-13-8(11)15-9(14-7)12-6-2-1-5(3-6)4-16/h5-6,16H,1-4H2,(H3,11,12,13,14,15)/t5-,6+/m1/s1. The molecule has 1 saturated carbocycles. The molecule has 1 heterocycles. The first-order chi connectivity index (χ1) is 7.67. The van der Waals surface area contributed by atoms with E-state index in [9.17, 15) is 0 Å². The van der Waals surface area contributed by atoms with Crippen molar-refractivity contribution >= 4 is 23.5 Å². The van der Waals surface area contributed by atoms with Gasteiger partial charge in [0.2, 0.25) is 17.2 Å². The van der Waals surface area contributed by atoms with Gasteiger partial charge in [0, 0.05) is 12.6 Å². The minimum atomic E-state index is 0.0895. The van der Waals surface area contributed by atoms with Crippen LogP contribution >= 0.6 is 11.6 Å². The van der Waals surface area contributed by atoms with E-state index in [2.05, 4.69) is 20.3 Å². The maximum absolute atomic E-state index is 9.03. The molecule has 2 atom stereocenters. The van der Waals surface area contributed by atoms with E-state index in [-0.39, 0.29) is 23.9 Å². The molecule has 0 bridgehead atoms. The highest BCUT2D eigenvalue weighted by atomic mass is 35.5. The van der Waals surface area contributed by atoms with Crippen LogP contribution in [0.15, 0.2) is 0 Å². The summed E-state index contributed by atoms with van der Waals surface area (Å²) in [4.78, 5) is 11.6. The molecule has 88 valence electrons. The number of rotatable bonds is 3. The largest absolute Gasteiger partial charge is 0.396 e. The Labute approximate surface area is 98.3 Å². The lowest BCUT2D eigenvalue weighted by Gasteiger charge is -2.12. The number of aromatic nitrogens is 3. The predicted molar refractivity (Wildman–Crippen MR) is 61.1 cm³/mol. The molecule has 4 N–H and O–H groups in total. The van der Waals surface area contributed by atoms with Gasteiger partial charge in [0.15, 0.2) is 0 Å². The molecular weight excluding hydrogens is 230 g/mol. The first kappa shape index (κ1) is 11.3. The summed E-state index contributed by atoms with van der Waals surface area (Å²) >= 11 is 5.67. The van der Waals surface area contributed by atoms with Crippen molar-refractivity contribution in [1.29, 1.82) is 0 Å². The van der Waals surface area contributed by atoms with Crippen LogP contribution in [0.3, 0.4) is 0 Å². The third kappa shape index (κ3) is 2.70. The number of hydrogen-bond donors (Lipinski definition) is 3. The number of aliphatic hydroxyl groups excluding tert-OH is 1. The highest BCUT2D eigenvalue weighted by Gasteiger charge is 2.24. The summed E-state index contributed by atoms with van der Waals surface area (Å²) in [5.41, 5.74) is 5.46. The maximum atomic E-state index is 9.03. The summed E-state index contributed by atoms with van der Waals surface area (Å²) < 4.78 is 0. The van der Waals surface area contributed by atoms with Crippen molar-refractivity contribution in [3.63, 3.8) is 0 Å². The number of nitrogens with one attached hydrogen (secondary N) is 1. The Morgan fingerprint density at radius 1 is 1.38 bits per heavy atom. The molecular formula is C9H14ClN5O. The molecule has 0 unspecified atom stereocenters. The van der Waals surface area contributed by atoms with Gasteiger partial charge in [-0.05, 0) is 36.8 Å². The van der Waals surface area contributed by atoms with E-state index >= 15 is 0 Å². The maximum Gasteiger partial charge on any atom is 0.229 e. The van der Waals surface area contributed by atoms with Crippen LogP contribution in [0.2, 0.25) is 5.28 Å². The highest BCUT2D eigenvalue weighted by Crippen LogP contribution is 2.26. The van der Waals surface area contributed by atoms with Crippen molar-refractivity contribution in [3.8, 4) is 0 Å². The summed E-state index contributed by atoms with van der Waals surface area (Å²) in [5, 5.41) is 12.3. The molecule has 0 spiro atoms. The second-order valence-corrected chi connectivity index (χ2v) is 4.33. The molecule has 2 rings (SSSR count). The fourth-order valence-electron chi connectivity index (χ4n) is 1.98. The van der Waals surface area contributed by atoms with E-state index < -0.39 is 0 Å². The molecule has 6 nitrogen and oxygen atoms in total. The van der Waals surface area contributed by atoms with E-state index in [1.165, 1.54) is 0 Å². The predicted octanol–water partition coefficient (Wildman–Crippen LogP) is 0.680. The lowest BCUT2D eigenvalue weighted by molar-refractivity contribution is 0.229. The molecule has 1 fully saturated rings. The van der Waals surface area contributed by atoms with Crippen LogP contribution in [-0.4, -0.2) is 32.7 Å². The highest BCUT2D eigenvalue weighted by molar-refractivity contribution is 6.28. The van der Waals surface area contributed by atoms with Gasteiger partial charge in [0.05, 0.1) is 0 Å². The molecule has 0 saturated heterocycles. The summed E-state index contributed by atoms with van der Waals surface area (Å²) in [6.45, 7) is 0.234. The van der Waals surface area contributed by atoms with Crippen molar-refractivity contribution in [1.82, 2.24) is 15.0 Å². The van der Waals surface area contributed by atoms with E-state index in [1.54, 1.807) is 0 Å². The van der Waals surface area contributed by atoms with E-state index in [1.807, 2.05) is 0 Å². The monoisotopic (exact) mass is 243 g/mol. The van der Waals surface area contributed by atoms with E-state index in [0.717, 1.165) is 19.3 Å². The van der Waals surface area contributed by atoms with E-state index in [4.69, 9.17) is 22.4 Å². The Bertz CT molecular complexity index is 355. The second-order valence-electron chi connectivity index (χ2n) is 3.99. The van der Waals surface area contributed by atoms with Crippen LogP contribution in [0, 0.1) is 5.92 Å². The van der Waals surface area contributed by atoms with E-state index in [0.29, 0.717) is 11.9 Å². The zero-order chi connectivity index (χ0) is 11.5. The van der Waals surface area contributed by atoms with Crippen molar-refractivity contribution in [3.05, 3.63) is 5.28 Å². The second kappa shape index (κ2) is 4.80. The van der Waals surface area contributed by atoms with Crippen molar-refractivity contribution < 1.29 is 5.11 Å². The van der Waals surface area contributed by atoms with Crippen LogP contribution in [-0.2, 0) is 0 Å². The number of aliphatic hydroxyl groups is 1. The summed E-state index contributed by atoms with van der Waals surface area (Å²) in [6.07, 6.45) is 2.93. The number of halogens is 1. The topological polar surface area (TPSA) is 97.0 Å². The van der Waals surface area contributed by atoms with Gasteiger partial charge in [-0.15, -0.1) is 0 Å². The van der Waals surface area contributed by atoms with Crippen molar-refractivity contribution in [2.75, 3.05) is 17.7 Å². The van der Waals surface area contributed by atoms with Crippen molar-refractivity contribution in [2.24, 2.45) is 5.92 Å². The molecule has 0 aromatic carbocycles. The Balaban J connectivity index is 1.99. The number of nitrogens with two attached hydrogens (primary N) is 1. The number of hydrogen-bond acceptors (Lipinski definition) is 6. The lowest BCUT2D eigenvalue weighted by Crippen LogP contribution is -2.18. The van der Waals surface area contributed by atoms with Gasteiger partial charge in [-0.1, -0.05) is 0 Å². The first-order valence-corrected chi connectivity index (χ1v) is 5.59. The first-order valence-electron chi connectivity index (χ1n) is 5.22. The van der Waals surface area contributed by atoms with Gasteiger partial charge in [0.1, 0.15) is 0 Å². The van der Waals surface area contributed by atoms with Crippen LogP contribution in [0.5, 0.6) is 0 Å². The normalized spacial score (nSPS) is 24.6. The Hall–Kier alpha value is -1.14. The van der Waals surface area contributed by atoms with Crippen LogP contribution < -0.4 is 11.1 Å². The third-order valence-corrected chi connectivity index (χ3v) is 2.93. The van der Waals surface area contributed by atoms with Crippen LogP contribution in [0.25, 0.3) is 0 Å². The third-order valence-electron chi connectivity index (χ3n) is 2.76. The molecule has 0 aliphatic heterocycles. The summed E-state index contributed by atoms with van der Waals surface area (Å²) in [5.74, 6) is 0.882. The molecule has 1 aliphatic rings. The number of anilines is 2. The molecule has 1 aromatic rings.